The summed E-state index contributed by atoms with van der Waals surface area (Å²) in [5.41, 5.74) is 1.18. The minimum atomic E-state index is 0.195. The number of hydrogen-bond acceptors (Lipinski definition) is 3. The van der Waals surface area contributed by atoms with Crippen molar-refractivity contribution < 1.29 is 9.47 Å². The van der Waals surface area contributed by atoms with Gasteiger partial charge in [-0.1, -0.05) is 18.2 Å². The van der Waals surface area contributed by atoms with Crippen LogP contribution in [0.4, 0.5) is 0 Å². The first-order chi connectivity index (χ1) is 9.81. The lowest BCUT2D eigenvalue weighted by atomic mass is 10.1. The van der Waals surface area contributed by atoms with Crippen molar-refractivity contribution in [1.29, 1.82) is 0 Å². The van der Waals surface area contributed by atoms with Crippen molar-refractivity contribution in [2.24, 2.45) is 0 Å². The molecule has 0 amide bonds. The maximum Gasteiger partial charge on any atom is 0.138 e. The normalized spacial score (nSPS) is 18.2. The highest BCUT2D eigenvalue weighted by Gasteiger charge is 2.14. The first-order valence-corrected chi connectivity index (χ1v) is 7.91. The topological polar surface area (TPSA) is 30.5 Å². The SMILES string of the molecule is COCCNCc1cccc(Br)c1OC1C=CCCC1. The van der Waals surface area contributed by atoms with Gasteiger partial charge in [0.1, 0.15) is 11.9 Å². The highest BCUT2D eigenvalue weighted by Crippen LogP contribution is 2.31. The summed E-state index contributed by atoms with van der Waals surface area (Å²) in [5.74, 6) is 0.953. The molecule has 0 fully saturated rings. The number of allylic oxidation sites excluding steroid dienone is 1. The number of halogens is 1. The van der Waals surface area contributed by atoms with Crippen molar-refractivity contribution in [3.8, 4) is 5.75 Å². The van der Waals surface area contributed by atoms with Crippen molar-refractivity contribution in [2.75, 3.05) is 20.3 Å². The summed E-state index contributed by atoms with van der Waals surface area (Å²) in [6, 6.07) is 6.17. The van der Waals surface area contributed by atoms with E-state index in [9.17, 15) is 0 Å². The van der Waals surface area contributed by atoms with Crippen LogP contribution in [0.15, 0.2) is 34.8 Å². The average molecular weight is 340 g/mol. The zero-order valence-corrected chi connectivity index (χ0v) is 13.5. The molecule has 110 valence electrons. The molecule has 0 aromatic heterocycles. The summed E-state index contributed by atoms with van der Waals surface area (Å²) >= 11 is 3.60. The van der Waals surface area contributed by atoms with Crippen LogP contribution in [0.5, 0.6) is 5.75 Å². The lowest BCUT2D eigenvalue weighted by Crippen LogP contribution is -2.21. The molecule has 0 bridgehead atoms. The fourth-order valence-corrected chi connectivity index (χ4v) is 2.75. The number of hydrogen-bond donors (Lipinski definition) is 1. The molecule has 1 aromatic rings. The van der Waals surface area contributed by atoms with E-state index in [1.165, 1.54) is 18.4 Å². The second-order valence-corrected chi connectivity index (χ2v) is 5.77. The Labute approximate surface area is 129 Å². The summed E-state index contributed by atoms with van der Waals surface area (Å²) in [6.07, 6.45) is 8.04. The summed E-state index contributed by atoms with van der Waals surface area (Å²) in [5, 5.41) is 3.36. The van der Waals surface area contributed by atoms with Gasteiger partial charge in [-0.2, -0.15) is 0 Å². The molecule has 0 saturated heterocycles. The Morgan fingerprint density at radius 2 is 2.30 bits per heavy atom. The predicted octanol–water partition coefficient (Wildman–Crippen LogP) is 3.67. The van der Waals surface area contributed by atoms with Gasteiger partial charge in [-0.15, -0.1) is 0 Å². The van der Waals surface area contributed by atoms with E-state index in [0.717, 1.165) is 36.3 Å². The van der Waals surface area contributed by atoms with Gasteiger partial charge >= 0.3 is 0 Å². The van der Waals surface area contributed by atoms with Gasteiger partial charge in [0.15, 0.2) is 0 Å². The van der Waals surface area contributed by atoms with Crippen LogP contribution < -0.4 is 10.1 Å². The third-order valence-corrected chi connectivity index (χ3v) is 3.95. The molecule has 1 aromatic carbocycles. The lowest BCUT2D eigenvalue weighted by Gasteiger charge is -2.21. The fourth-order valence-electron chi connectivity index (χ4n) is 2.25. The molecule has 1 aliphatic rings. The van der Waals surface area contributed by atoms with Crippen LogP contribution in [0, 0.1) is 0 Å². The Hall–Kier alpha value is -0.840. The maximum absolute atomic E-state index is 6.17. The molecule has 2 rings (SSSR count). The standard InChI is InChI=1S/C16H22BrNO2/c1-19-11-10-18-12-13-6-5-9-15(17)16(13)20-14-7-3-2-4-8-14/h3,5-7,9,14,18H,2,4,8,10-12H2,1H3. The van der Waals surface area contributed by atoms with Gasteiger partial charge < -0.3 is 14.8 Å². The third-order valence-electron chi connectivity index (χ3n) is 3.33. The molecule has 0 heterocycles. The summed E-state index contributed by atoms with van der Waals surface area (Å²) in [4.78, 5) is 0. The van der Waals surface area contributed by atoms with Crippen LogP contribution in [-0.4, -0.2) is 26.4 Å². The molecule has 0 radical (unpaired) electrons. The van der Waals surface area contributed by atoms with E-state index < -0.39 is 0 Å². The molecule has 1 aliphatic carbocycles. The summed E-state index contributed by atoms with van der Waals surface area (Å²) in [6.45, 7) is 2.34. The molecule has 0 saturated carbocycles. The van der Waals surface area contributed by atoms with Crippen molar-refractivity contribution >= 4 is 15.9 Å². The second kappa shape index (κ2) is 8.45. The van der Waals surface area contributed by atoms with Gasteiger partial charge in [0.25, 0.3) is 0 Å². The van der Waals surface area contributed by atoms with E-state index >= 15 is 0 Å². The van der Waals surface area contributed by atoms with Crippen LogP contribution >= 0.6 is 15.9 Å². The lowest BCUT2D eigenvalue weighted by molar-refractivity contribution is 0.198. The van der Waals surface area contributed by atoms with E-state index in [4.69, 9.17) is 9.47 Å². The number of ether oxygens (including phenoxy) is 2. The van der Waals surface area contributed by atoms with Gasteiger partial charge in [0.2, 0.25) is 0 Å². The van der Waals surface area contributed by atoms with Crippen molar-refractivity contribution in [3.63, 3.8) is 0 Å². The Balaban J connectivity index is 2.01. The van der Waals surface area contributed by atoms with Gasteiger partial charge in [0, 0.05) is 25.8 Å². The molecule has 4 heteroatoms. The summed E-state index contributed by atoms with van der Waals surface area (Å²) < 4.78 is 12.2. The van der Waals surface area contributed by atoms with Crippen LogP contribution in [0.25, 0.3) is 0 Å². The zero-order chi connectivity index (χ0) is 14.2. The molecule has 1 atom stereocenters. The first kappa shape index (κ1) is 15.5. The quantitative estimate of drug-likeness (QED) is 0.607. The zero-order valence-electron chi connectivity index (χ0n) is 11.9. The highest BCUT2D eigenvalue weighted by molar-refractivity contribution is 9.10. The molecular weight excluding hydrogens is 318 g/mol. The van der Waals surface area contributed by atoms with Crippen LogP contribution in [-0.2, 0) is 11.3 Å². The van der Waals surface area contributed by atoms with Crippen LogP contribution in [0.1, 0.15) is 24.8 Å². The van der Waals surface area contributed by atoms with E-state index in [1.54, 1.807) is 7.11 Å². The van der Waals surface area contributed by atoms with Gasteiger partial charge in [0.05, 0.1) is 11.1 Å². The average Bonchev–Trinajstić information content (AvgIpc) is 2.48. The van der Waals surface area contributed by atoms with Gasteiger partial charge in [-0.25, -0.2) is 0 Å². The van der Waals surface area contributed by atoms with E-state index in [1.807, 2.05) is 12.1 Å². The van der Waals surface area contributed by atoms with E-state index in [0.29, 0.717) is 0 Å². The maximum atomic E-state index is 6.17. The van der Waals surface area contributed by atoms with Crippen LogP contribution in [0.2, 0.25) is 0 Å². The van der Waals surface area contributed by atoms with Gasteiger partial charge in [-0.05, 0) is 47.3 Å². The number of rotatable bonds is 7. The second-order valence-electron chi connectivity index (χ2n) is 4.91. The number of methoxy groups -OCH3 is 1. The van der Waals surface area contributed by atoms with Crippen molar-refractivity contribution in [3.05, 3.63) is 40.4 Å². The Kier molecular flexibility index (Phi) is 6.57. The molecular formula is C16H22BrNO2. The highest BCUT2D eigenvalue weighted by atomic mass is 79.9. The molecule has 3 nitrogen and oxygen atoms in total. The van der Waals surface area contributed by atoms with Gasteiger partial charge in [-0.3, -0.25) is 0 Å². The molecule has 0 spiro atoms. The smallest absolute Gasteiger partial charge is 0.138 e. The molecule has 20 heavy (non-hydrogen) atoms. The van der Waals surface area contributed by atoms with Crippen LogP contribution in [0.3, 0.4) is 0 Å². The number of para-hydroxylation sites is 1. The minimum Gasteiger partial charge on any atom is -0.485 e. The van der Waals surface area contributed by atoms with E-state index in [2.05, 4.69) is 39.5 Å². The monoisotopic (exact) mass is 339 g/mol. The fraction of sp³-hybridized carbons (Fsp3) is 0.500. The third kappa shape index (κ3) is 4.62. The molecule has 0 aliphatic heterocycles. The van der Waals surface area contributed by atoms with E-state index in [-0.39, 0.29) is 6.10 Å². The number of nitrogens with one attached hydrogen (secondary N) is 1. The molecule has 1 unspecified atom stereocenters. The Morgan fingerprint density at radius 1 is 1.40 bits per heavy atom. The molecule has 1 N–H and O–H groups in total. The Morgan fingerprint density at radius 3 is 3.05 bits per heavy atom. The Bertz CT molecular complexity index is 448. The largest absolute Gasteiger partial charge is 0.485 e. The summed E-state index contributed by atoms with van der Waals surface area (Å²) in [7, 11) is 1.71. The number of benzene rings is 1. The van der Waals surface area contributed by atoms with Crippen molar-refractivity contribution in [2.45, 2.75) is 31.9 Å². The van der Waals surface area contributed by atoms with Crippen molar-refractivity contribution in [1.82, 2.24) is 5.32 Å². The minimum absolute atomic E-state index is 0.195. The predicted molar refractivity (Wildman–Crippen MR) is 85.1 cm³/mol. The first-order valence-electron chi connectivity index (χ1n) is 7.11.